The minimum atomic E-state index is -0.238. The van der Waals surface area contributed by atoms with E-state index in [1.54, 1.807) is 33.3 Å². The van der Waals surface area contributed by atoms with E-state index in [4.69, 9.17) is 0 Å². The van der Waals surface area contributed by atoms with Gasteiger partial charge in [-0.15, -0.1) is 23.5 Å². The Morgan fingerprint density at radius 2 is 1.48 bits per heavy atom. The van der Waals surface area contributed by atoms with Gasteiger partial charge < -0.3 is 0 Å². The van der Waals surface area contributed by atoms with Crippen LogP contribution in [0.3, 0.4) is 0 Å². The molecule has 4 aliphatic rings. The zero-order chi connectivity index (χ0) is 16.7. The molecule has 4 aliphatic heterocycles. The SMILES string of the molecule is CC1SC[C@H]2C(=O)NC(=O)N12.CCC1SC[C@H]2C(=O)NC(=O)N12. The monoisotopic (exact) mass is 358 g/mol. The van der Waals surface area contributed by atoms with Crippen molar-refractivity contribution in [1.82, 2.24) is 20.4 Å². The zero-order valence-corrected chi connectivity index (χ0v) is 14.4. The van der Waals surface area contributed by atoms with Crippen LogP contribution in [0.4, 0.5) is 9.59 Å². The molecule has 0 aromatic rings. The summed E-state index contributed by atoms with van der Waals surface area (Å²) in [6.45, 7) is 3.96. The van der Waals surface area contributed by atoms with Gasteiger partial charge in [0, 0.05) is 11.5 Å². The molecule has 0 aromatic carbocycles. The maximum absolute atomic E-state index is 11.2. The van der Waals surface area contributed by atoms with E-state index >= 15 is 0 Å². The van der Waals surface area contributed by atoms with Gasteiger partial charge in [-0.1, -0.05) is 6.92 Å². The van der Waals surface area contributed by atoms with E-state index < -0.39 is 0 Å². The molecule has 4 heterocycles. The molecular formula is C13H18N4O4S2. The lowest BCUT2D eigenvalue weighted by Crippen LogP contribution is -2.35. The molecule has 4 fully saturated rings. The van der Waals surface area contributed by atoms with E-state index in [2.05, 4.69) is 10.6 Å². The molecule has 23 heavy (non-hydrogen) atoms. The molecule has 4 atom stereocenters. The average Bonchev–Trinajstić information content (AvgIpc) is 3.21. The Kier molecular flexibility index (Phi) is 4.45. The van der Waals surface area contributed by atoms with Crippen LogP contribution < -0.4 is 10.6 Å². The standard InChI is InChI=1S/C7H10N2O2S.C6H8N2O2S/c1-2-5-9-4(3-12-5)6(10)8-7(9)11;1-3-8-4(2-11-3)5(9)7-6(8)10/h4-5H,2-3H2,1H3,(H,8,10,11);3-4H,2H2,1H3,(H,7,9,10)/t4-,5?;3?,4-/m00/s1. The van der Waals surface area contributed by atoms with E-state index in [0.29, 0.717) is 0 Å². The van der Waals surface area contributed by atoms with Crippen LogP contribution in [0, 0.1) is 0 Å². The minimum Gasteiger partial charge on any atom is -0.300 e. The van der Waals surface area contributed by atoms with Crippen LogP contribution in [0.2, 0.25) is 0 Å². The van der Waals surface area contributed by atoms with Crippen molar-refractivity contribution in [2.75, 3.05) is 11.5 Å². The van der Waals surface area contributed by atoms with Gasteiger partial charge in [0.25, 0.3) is 11.8 Å². The number of nitrogens with one attached hydrogen (secondary N) is 2. The molecule has 4 rings (SSSR count). The summed E-state index contributed by atoms with van der Waals surface area (Å²) in [5, 5.41) is 4.94. The third kappa shape index (κ3) is 2.78. The molecule has 10 heteroatoms. The molecule has 8 nitrogen and oxygen atoms in total. The van der Waals surface area contributed by atoms with Crippen molar-refractivity contribution in [1.29, 1.82) is 0 Å². The topological polar surface area (TPSA) is 98.8 Å². The number of amides is 6. The third-order valence-electron chi connectivity index (χ3n) is 4.20. The highest BCUT2D eigenvalue weighted by Gasteiger charge is 2.47. The molecule has 0 saturated carbocycles. The van der Waals surface area contributed by atoms with Crippen molar-refractivity contribution in [3.8, 4) is 0 Å². The summed E-state index contributed by atoms with van der Waals surface area (Å²) in [5.41, 5.74) is 0. The van der Waals surface area contributed by atoms with Gasteiger partial charge >= 0.3 is 12.1 Å². The molecule has 2 unspecified atom stereocenters. The predicted octanol–water partition coefficient (Wildman–Crippen LogP) is 0.389. The second-order valence-electron chi connectivity index (χ2n) is 5.56. The van der Waals surface area contributed by atoms with Gasteiger partial charge in [0.05, 0.1) is 10.7 Å². The molecule has 0 radical (unpaired) electrons. The molecule has 0 aliphatic carbocycles. The van der Waals surface area contributed by atoms with E-state index in [1.165, 1.54) is 0 Å². The van der Waals surface area contributed by atoms with Gasteiger partial charge in [0.1, 0.15) is 12.1 Å². The fourth-order valence-corrected chi connectivity index (χ4v) is 5.54. The first kappa shape index (κ1) is 16.4. The zero-order valence-electron chi connectivity index (χ0n) is 12.8. The van der Waals surface area contributed by atoms with Crippen LogP contribution in [-0.4, -0.2) is 68.0 Å². The highest BCUT2D eigenvalue weighted by Crippen LogP contribution is 2.33. The molecular weight excluding hydrogens is 340 g/mol. The quantitative estimate of drug-likeness (QED) is 0.658. The van der Waals surface area contributed by atoms with Crippen molar-refractivity contribution >= 4 is 47.4 Å². The van der Waals surface area contributed by atoms with Crippen LogP contribution in [0.5, 0.6) is 0 Å². The second kappa shape index (κ2) is 6.23. The Bertz CT molecular complexity index is 572. The van der Waals surface area contributed by atoms with E-state index in [9.17, 15) is 19.2 Å². The Hall–Kier alpha value is -1.42. The first-order valence-corrected chi connectivity index (χ1v) is 9.53. The van der Waals surface area contributed by atoms with Crippen molar-refractivity contribution in [2.24, 2.45) is 0 Å². The largest absolute Gasteiger partial charge is 0.325 e. The predicted molar refractivity (Wildman–Crippen MR) is 86.8 cm³/mol. The van der Waals surface area contributed by atoms with Gasteiger partial charge in [0.15, 0.2) is 0 Å². The third-order valence-corrected chi connectivity index (χ3v) is 6.87. The summed E-state index contributed by atoms with van der Waals surface area (Å²) in [7, 11) is 0. The summed E-state index contributed by atoms with van der Waals surface area (Å²) < 4.78 is 0. The number of carbonyl (C=O) groups excluding carboxylic acids is 4. The Labute approximate surface area is 142 Å². The summed E-state index contributed by atoms with van der Waals surface area (Å²) in [6, 6.07) is -0.866. The van der Waals surface area contributed by atoms with Crippen molar-refractivity contribution < 1.29 is 19.2 Å². The fraction of sp³-hybridized carbons (Fsp3) is 0.692. The van der Waals surface area contributed by atoms with Crippen molar-refractivity contribution in [2.45, 2.75) is 43.1 Å². The number of rotatable bonds is 1. The lowest BCUT2D eigenvalue weighted by molar-refractivity contribution is -0.121. The van der Waals surface area contributed by atoms with Crippen LogP contribution >= 0.6 is 23.5 Å². The number of thioether (sulfide) groups is 2. The normalized spacial score (nSPS) is 34.9. The summed E-state index contributed by atoms with van der Waals surface area (Å²) in [5.74, 6) is 1.20. The van der Waals surface area contributed by atoms with Gasteiger partial charge in [-0.3, -0.25) is 30.0 Å². The van der Waals surface area contributed by atoms with E-state index in [0.717, 1.165) is 17.9 Å². The van der Waals surface area contributed by atoms with Crippen LogP contribution in [-0.2, 0) is 9.59 Å². The molecule has 4 saturated heterocycles. The van der Waals surface area contributed by atoms with E-state index in [-0.39, 0.29) is 46.7 Å². The molecule has 0 spiro atoms. The average molecular weight is 358 g/mol. The number of nitrogens with zero attached hydrogens (tertiary/aromatic N) is 2. The maximum Gasteiger partial charge on any atom is 0.325 e. The van der Waals surface area contributed by atoms with Crippen molar-refractivity contribution in [3.63, 3.8) is 0 Å². The maximum atomic E-state index is 11.2. The van der Waals surface area contributed by atoms with E-state index in [1.807, 2.05) is 13.8 Å². The number of hydrogen-bond acceptors (Lipinski definition) is 6. The number of hydrogen-bond donors (Lipinski definition) is 2. The number of fused-ring (bicyclic) bond motifs is 2. The summed E-state index contributed by atoms with van der Waals surface area (Å²) in [6.07, 6.45) is 0.905. The Morgan fingerprint density at radius 1 is 0.957 bits per heavy atom. The molecule has 2 N–H and O–H groups in total. The lowest BCUT2D eigenvalue weighted by Gasteiger charge is -2.18. The smallest absolute Gasteiger partial charge is 0.300 e. The second-order valence-corrected chi connectivity index (χ2v) is 8.12. The highest BCUT2D eigenvalue weighted by molar-refractivity contribution is 8.00. The van der Waals surface area contributed by atoms with Gasteiger partial charge in [-0.2, -0.15) is 0 Å². The van der Waals surface area contributed by atoms with Gasteiger partial charge in [0.2, 0.25) is 0 Å². The first-order valence-electron chi connectivity index (χ1n) is 7.43. The van der Waals surface area contributed by atoms with Gasteiger partial charge in [-0.05, 0) is 13.3 Å². The molecule has 0 aromatic heterocycles. The van der Waals surface area contributed by atoms with Crippen LogP contribution in [0.15, 0.2) is 0 Å². The molecule has 0 bridgehead atoms. The summed E-state index contributed by atoms with van der Waals surface area (Å²) in [4.78, 5) is 47.7. The minimum absolute atomic E-state index is 0.136. The first-order chi connectivity index (χ1) is 10.9. The van der Waals surface area contributed by atoms with Crippen LogP contribution in [0.25, 0.3) is 0 Å². The van der Waals surface area contributed by atoms with Crippen molar-refractivity contribution in [3.05, 3.63) is 0 Å². The number of carbonyl (C=O) groups is 4. The number of urea groups is 2. The molecule has 126 valence electrons. The fourth-order valence-electron chi connectivity index (χ4n) is 3.01. The highest BCUT2D eigenvalue weighted by atomic mass is 32.2. The number of imide groups is 2. The molecule has 6 amide bonds. The lowest BCUT2D eigenvalue weighted by atomic mass is 10.3. The Morgan fingerprint density at radius 3 is 2.04 bits per heavy atom. The summed E-state index contributed by atoms with van der Waals surface area (Å²) >= 11 is 3.33. The van der Waals surface area contributed by atoms with Crippen LogP contribution in [0.1, 0.15) is 20.3 Å². The Balaban J connectivity index is 0.000000136. The van der Waals surface area contributed by atoms with Gasteiger partial charge in [-0.25, -0.2) is 9.59 Å².